The van der Waals surface area contributed by atoms with Crippen LogP contribution in [0, 0.1) is 0 Å². The smallest absolute Gasteiger partial charge is 0.446 e. The number of hydrogen-bond acceptors (Lipinski definition) is 4. The summed E-state index contributed by atoms with van der Waals surface area (Å²) >= 11 is -0.392. The van der Waals surface area contributed by atoms with Crippen LogP contribution in [0.3, 0.4) is 0 Å². The highest BCUT2D eigenvalue weighted by atomic mass is 32.2. The predicted octanol–water partition coefficient (Wildman–Crippen LogP) is 2.48. The average molecular weight is 237 g/mol. The van der Waals surface area contributed by atoms with Gasteiger partial charge in [-0.25, -0.2) is 9.78 Å². The van der Waals surface area contributed by atoms with Crippen LogP contribution in [-0.4, -0.2) is 23.6 Å². The third-order valence-electron chi connectivity index (χ3n) is 1.38. The summed E-state index contributed by atoms with van der Waals surface area (Å²) in [5, 5.41) is 0. The minimum atomic E-state index is -4.45. The number of methoxy groups -OCH3 is 1. The number of aromatic nitrogens is 1. The lowest BCUT2D eigenvalue weighted by molar-refractivity contribution is -0.0328. The monoisotopic (exact) mass is 237 g/mol. The first-order chi connectivity index (χ1) is 6.94. The second kappa shape index (κ2) is 4.52. The lowest BCUT2D eigenvalue weighted by Gasteiger charge is -2.08. The maximum absolute atomic E-state index is 12.1. The predicted molar refractivity (Wildman–Crippen MR) is 47.5 cm³/mol. The van der Waals surface area contributed by atoms with Crippen molar-refractivity contribution in [3.63, 3.8) is 0 Å². The van der Waals surface area contributed by atoms with Gasteiger partial charge in [0.05, 0.1) is 7.11 Å². The highest BCUT2D eigenvalue weighted by Gasteiger charge is 2.31. The van der Waals surface area contributed by atoms with E-state index in [1.165, 1.54) is 12.3 Å². The Labute approximate surface area is 87.6 Å². The van der Waals surface area contributed by atoms with Crippen molar-refractivity contribution < 1.29 is 22.7 Å². The molecule has 0 aliphatic heterocycles. The highest BCUT2D eigenvalue weighted by molar-refractivity contribution is 8.00. The lowest BCUT2D eigenvalue weighted by atomic mass is 10.3. The second-order valence-corrected chi connectivity index (χ2v) is 3.50. The van der Waals surface area contributed by atoms with Crippen molar-refractivity contribution >= 4 is 17.7 Å². The van der Waals surface area contributed by atoms with Crippen molar-refractivity contribution in [3.8, 4) is 0 Å². The van der Waals surface area contributed by atoms with E-state index in [2.05, 4.69) is 9.72 Å². The zero-order valence-corrected chi connectivity index (χ0v) is 8.35. The Morgan fingerprint density at radius 3 is 2.73 bits per heavy atom. The zero-order valence-electron chi connectivity index (χ0n) is 7.54. The van der Waals surface area contributed by atoms with Gasteiger partial charge in [0.15, 0.2) is 5.69 Å². The van der Waals surface area contributed by atoms with Gasteiger partial charge in [0.2, 0.25) is 0 Å². The maximum Gasteiger partial charge on any atom is 0.446 e. The molecule has 0 spiro atoms. The summed E-state index contributed by atoms with van der Waals surface area (Å²) in [7, 11) is 1.08. The van der Waals surface area contributed by atoms with Gasteiger partial charge < -0.3 is 4.74 Å². The number of pyridine rings is 1. The molecule has 0 saturated heterocycles. The number of nitrogens with zero attached hydrogens (tertiary/aromatic N) is 1. The van der Waals surface area contributed by atoms with Crippen LogP contribution in [0.4, 0.5) is 13.2 Å². The molecule has 0 atom stereocenters. The van der Waals surface area contributed by atoms with Gasteiger partial charge >= 0.3 is 11.5 Å². The first-order valence-electron chi connectivity index (χ1n) is 3.73. The molecule has 0 fully saturated rings. The fraction of sp³-hybridized carbons (Fsp3) is 0.250. The SMILES string of the molecule is COC(=O)c1ncccc1SC(F)(F)F. The van der Waals surface area contributed by atoms with Crippen molar-refractivity contribution in [2.45, 2.75) is 10.4 Å². The van der Waals surface area contributed by atoms with E-state index in [-0.39, 0.29) is 10.6 Å². The number of hydrogen-bond donors (Lipinski definition) is 0. The normalized spacial score (nSPS) is 11.2. The molecular formula is C8H6F3NO2S. The van der Waals surface area contributed by atoms with Crippen LogP contribution in [0.15, 0.2) is 23.2 Å². The van der Waals surface area contributed by atoms with Crippen LogP contribution in [0.25, 0.3) is 0 Å². The topological polar surface area (TPSA) is 39.2 Å². The van der Waals surface area contributed by atoms with E-state index in [0.29, 0.717) is 0 Å². The molecule has 0 unspecified atom stereocenters. The number of alkyl halides is 3. The van der Waals surface area contributed by atoms with E-state index in [9.17, 15) is 18.0 Å². The molecule has 0 aliphatic rings. The first kappa shape index (κ1) is 11.8. The fourth-order valence-electron chi connectivity index (χ4n) is 0.848. The Balaban J connectivity index is 3.02. The summed E-state index contributed by atoms with van der Waals surface area (Å²) in [6, 6.07) is 2.48. The Morgan fingerprint density at radius 1 is 1.53 bits per heavy atom. The van der Waals surface area contributed by atoms with E-state index in [1.807, 2.05) is 0 Å². The van der Waals surface area contributed by atoms with Crippen molar-refractivity contribution in [2.75, 3.05) is 7.11 Å². The molecule has 1 rings (SSSR count). The molecule has 0 bridgehead atoms. The average Bonchev–Trinajstić information content (AvgIpc) is 2.15. The molecule has 1 aromatic heterocycles. The molecule has 15 heavy (non-hydrogen) atoms. The summed E-state index contributed by atoms with van der Waals surface area (Å²) in [6.45, 7) is 0. The molecule has 0 saturated carbocycles. The number of carbonyl (C=O) groups excluding carboxylic acids is 1. The summed E-state index contributed by atoms with van der Waals surface area (Å²) in [4.78, 5) is 14.3. The molecular weight excluding hydrogens is 231 g/mol. The number of rotatable bonds is 2. The molecule has 3 nitrogen and oxygen atoms in total. The lowest BCUT2D eigenvalue weighted by Crippen LogP contribution is -2.08. The minimum absolute atomic E-state index is 0.267. The van der Waals surface area contributed by atoms with Gasteiger partial charge in [0, 0.05) is 11.1 Å². The summed E-state index contributed by atoms with van der Waals surface area (Å²) in [5.74, 6) is -0.887. The third kappa shape index (κ3) is 3.43. The number of ether oxygens (including phenoxy) is 1. The Morgan fingerprint density at radius 2 is 2.20 bits per heavy atom. The van der Waals surface area contributed by atoms with Crippen LogP contribution in [0.1, 0.15) is 10.5 Å². The van der Waals surface area contributed by atoms with Gasteiger partial charge in [-0.15, -0.1) is 0 Å². The van der Waals surface area contributed by atoms with Crippen LogP contribution >= 0.6 is 11.8 Å². The number of esters is 1. The van der Waals surface area contributed by atoms with Crippen molar-refractivity contribution in [1.82, 2.24) is 4.98 Å². The van der Waals surface area contributed by atoms with E-state index in [4.69, 9.17) is 0 Å². The van der Waals surface area contributed by atoms with Gasteiger partial charge in [-0.1, -0.05) is 0 Å². The number of thioether (sulfide) groups is 1. The largest absolute Gasteiger partial charge is 0.464 e. The van der Waals surface area contributed by atoms with E-state index >= 15 is 0 Å². The summed E-state index contributed by atoms with van der Waals surface area (Å²) < 4.78 is 40.5. The molecule has 0 amide bonds. The quantitative estimate of drug-likeness (QED) is 0.585. The van der Waals surface area contributed by atoms with E-state index < -0.39 is 23.2 Å². The first-order valence-corrected chi connectivity index (χ1v) is 4.55. The van der Waals surface area contributed by atoms with Crippen molar-refractivity contribution in [1.29, 1.82) is 0 Å². The Bertz CT molecular complexity index is 367. The van der Waals surface area contributed by atoms with Crippen LogP contribution in [0.5, 0.6) is 0 Å². The van der Waals surface area contributed by atoms with Gasteiger partial charge in [0.1, 0.15) is 0 Å². The molecule has 0 aliphatic carbocycles. The van der Waals surface area contributed by atoms with Crippen molar-refractivity contribution in [3.05, 3.63) is 24.0 Å². The van der Waals surface area contributed by atoms with Gasteiger partial charge in [0.25, 0.3) is 0 Å². The zero-order chi connectivity index (χ0) is 11.5. The van der Waals surface area contributed by atoms with Crippen LogP contribution < -0.4 is 0 Å². The van der Waals surface area contributed by atoms with Crippen molar-refractivity contribution in [2.24, 2.45) is 0 Å². The van der Waals surface area contributed by atoms with Crippen LogP contribution in [-0.2, 0) is 4.74 Å². The second-order valence-electron chi connectivity index (χ2n) is 2.39. The van der Waals surface area contributed by atoms with Gasteiger partial charge in [-0.3, -0.25) is 0 Å². The highest BCUT2D eigenvalue weighted by Crippen LogP contribution is 2.37. The number of halogens is 3. The van der Waals surface area contributed by atoms with E-state index in [0.717, 1.165) is 13.2 Å². The van der Waals surface area contributed by atoms with Crippen LogP contribution in [0.2, 0.25) is 0 Å². The molecule has 82 valence electrons. The minimum Gasteiger partial charge on any atom is -0.464 e. The van der Waals surface area contributed by atoms with Gasteiger partial charge in [-0.05, 0) is 23.9 Å². The Kier molecular flexibility index (Phi) is 3.57. The summed E-state index contributed by atoms with van der Waals surface area (Å²) in [6.07, 6.45) is 1.23. The molecule has 0 aromatic carbocycles. The fourth-order valence-corrected chi connectivity index (χ4v) is 1.48. The number of carbonyl (C=O) groups is 1. The standard InChI is InChI=1S/C8H6F3NO2S/c1-14-7(13)6-5(3-2-4-12-6)15-8(9,10)11/h2-4H,1H3. The summed E-state index contributed by atoms with van der Waals surface area (Å²) in [5.41, 5.74) is -4.78. The molecule has 1 heterocycles. The molecule has 0 radical (unpaired) electrons. The molecule has 1 aromatic rings. The van der Waals surface area contributed by atoms with Gasteiger partial charge in [-0.2, -0.15) is 13.2 Å². The molecule has 7 heteroatoms. The van der Waals surface area contributed by atoms with E-state index in [1.54, 1.807) is 0 Å². The molecule has 0 N–H and O–H groups in total. The maximum atomic E-state index is 12.1. The third-order valence-corrected chi connectivity index (χ3v) is 2.16. The Hall–Kier alpha value is -1.24.